The first kappa shape index (κ1) is 28.7. The van der Waals surface area contributed by atoms with Gasteiger partial charge in [-0.05, 0) is 0 Å². The van der Waals surface area contributed by atoms with Gasteiger partial charge in [0.1, 0.15) is 6.61 Å². The fraction of sp³-hybridized carbons (Fsp3) is 0.526. The van der Waals surface area contributed by atoms with Crippen LogP contribution in [0.15, 0.2) is 9.59 Å². The van der Waals surface area contributed by atoms with Gasteiger partial charge in [-0.25, -0.2) is 4.79 Å². The van der Waals surface area contributed by atoms with E-state index in [1.54, 1.807) is 0 Å². The van der Waals surface area contributed by atoms with Crippen LogP contribution >= 0.6 is 0 Å². The number of rotatable bonds is 9. The highest BCUT2D eigenvalue weighted by atomic mass is 16.6. The van der Waals surface area contributed by atoms with Gasteiger partial charge in [0.05, 0.1) is 0 Å². The molecule has 3 atom stereocenters. The van der Waals surface area contributed by atoms with E-state index in [1.165, 1.54) is 0 Å². The first-order valence-electron chi connectivity index (χ1n) is 9.85. The highest BCUT2D eigenvalue weighted by Gasteiger charge is 2.42. The monoisotopic (exact) mass is 500 g/mol. The van der Waals surface area contributed by atoms with Gasteiger partial charge in [-0.2, -0.15) is 9.77 Å². The summed E-state index contributed by atoms with van der Waals surface area (Å²) in [4.78, 5) is 95.8. The molecule has 0 saturated carbocycles. The first-order valence-corrected chi connectivity index (χ1v) is 9.85. The van der Waals surface area contributed by atoms with Crippen LogP contribution in [0.25, 0.3) is 0 Å². The number of amides is 1. The quantitative estimate of drug-likeness (QED) is 0.293. The molecule has 0 saturated heterocycles. The Labute approximate surface area is 197 Å². The fourth-order valence-corrected chi connectivity index (χ4v) is 2.72. The van der Waals surface area contributed by atoms with Crippen LogP contribution in [0.1, 0.15) is 58.1 Å². The van der Waals surface area contributed by atoms with E-state index in [0.717, 1.165) is 41.5 Å². The van der Waals surface area contributed by atoms with Crippen LogP contribution in [0, 0.1) is 0 Å². The number of esters is 4. The van der Waals surface area contributed by atoms with Crippen molar-refractivity contribution >= 4 is 35.7 Å². The number of aromatic nitrogens is 3. The average molecular weight is 500 g/mol. The van der Waals surface area contributed by atoms with Gasteiger partial charge in [0.25, 0.3) is 0 Å². The number of hydrogen-bond acceptors (Lipinski definition) is 13. The van der Waals surface area contributed by atoms with Crippen LogP contribution in [0.3, 0.4) is 0 Å². The Morgan fingerprint density at radius 3 is 1.80 bits per heavy atom. The largest absolute Gasteiger partial charge is 0.462 e. The Bertz CT molecular complexity index is 1150. The Morgan fingerprint density at radius 1 is 0.829 bits per heavy atom. The van der Waals surface area contributed by atoms with Gasteiger partial charge < -0.3 is 18.9 Å². The third kappa shape index (κ3) is 8.17. The van der Waals surface area contributed by atoms with Gasteiger partial charge in [0, 0.05) is 41.5 Å². The molecule has 0 fully saturated rings. The van der Waals surface area contributed by atoms with Gasteiger partial charge >= 0.3 is 35.1 Å². The van der Waals surface area contributed by atoms with Crippen molar-refractivity contribution in [2.45, 2.75) is 59.9 Å². The number of carbonyl (C=O) groups excluding carboxylic acids is 6. The zero-order valence-corrected chi connectivity index (χ0v) is 19.7. The van der Waals surface area contributed by atoms with Crippen molar-refractivity contribution in [2.75, 3.05) is 12.0 Å². The van der Waals surface area contributed by atoms with E-state index in [4.69, 9.17) is 18.9 Å². The molecule has 0 bridgehead atoms. The molecule has 0 aliphatic heterocycles. The third-order valence-corrected chi connectivity index (χ3v) is 3.87. The van der Waals surface area contributed by atoms with Gasteiger partial charge in [-0.15, -0.1) is 4.68 Å². The molecule has 1 aromatic rings. The molecule has 0 spiro atoms. The van der Waals surface area contributed by atoms with E-state index in [1.807, 2.05) is 5.43 Å². The van der Waals surface area contributed by atoms with E-state index in [2.05, 4.69) is 5.10 Å². The van der Waals surface area contributed by atoms with Crippen molar-refractivity contribution < 1.29 is 47.7 Å². The van der Waals surface area contributed by atoms with Crippen LogP contribution in [-0.4, -0.2) is 69.0 Å². The molecule has 0 aliphatic rings. The molecule has 1 N–H and O–H groups in total. The Kier molecular flexibility index (Phi) is 9.99. The van der Waals surface area contributed by atoms with Gasteiger partial charge in [0.15, 0.2) is 24.0 Å². The summed E-state index contributed by atoms with van der Waals surface area (Å²) in [7, 11) is 0. The second-order valence-electron chi connectivity index (χ2n) is 6.96. The van der Waals surface area contributed by atoms with Crippen molar-refractivity contribution in [2.24, 2.45) is 0 Å². The lowest BCUT2D eigenvalue weighted by Crippen LogP contribution is -2.52. The molecule has 0 aliphatic carbocycles. The highest BCUT2D eigenvalue weighted by molar-refractivity contribution is 5.81. The molecule has 16 heteroatoms. The molecule has 16 nitrogen and oxygen atoms in total. The van der Waals surface area contributed by atoms with Crippen molar-refractivity contribution in [1.29, 1.82) is 0 Å². The minimum absolute atomic E-state index is 0.125. The van der Waals surface area contributed by atoms with Crippen molar-refractivity contribution in [1.82, 2.24) is 14.5 Å². The number of hydrogen-bond donors (Lipinski definition) is 1. The zero-order valence-electron chi connectivity index (χ0n) is 19.7. The highest BCUT2D eigenvalue weighted by Crippen LogP contribution is 2.25. The SMILES string of the molecule is CC(=O)Nn1c(=O)c([C@@H](OC(C)=O)[C@H](OC(C)=O)[C@@H](COC(C)=O)OC(C)=O)nn(C(C)=O)c1=O. The predicted molar refractivity (Wildman–Crippen MR) is 111 cm³/mol. The summed E-state index contributed by atoms with van der Waals surface area (Å²) >= 11 is 0. The van der Waals surface area contributed by atoms with E-state index >= 15 is 0 Å². The molecule has 0 aromatic carbocycles. The van der Waals surface area contributed by atoms with Gasteiger partial charge in [-0.1, -0.05) is 0 Å². The summed E-state index contributed by atoms with van der Waals surface area (Å²) in [6.45, 7) is 5.03. The lowest BCUT2D eigenvalue weighted by Gasteiger charge is -2.31. The van der Waals surface area contributed by atoms with Gasteiger partial charge in [0.2, 0.25) is 11.8 Å². The molecule has 0 unspecified atom stereocenters. The molecule has 1 rings (SSSR count). The standard InChI is InChI=1S/C19H24N4O12/c1-8(24)20-23-18(30)15(21-22(9(2)25)19(23)31)17(35-13(6)29)16(34-12(5)28)14(33-11(4)27)7-32-10(3)26/h14,16-17H,7H2,1-6H3,(H,20,24)/t14-,16-,17-/m1/s1. The van der Waals surface area contributed by atoms with Crippen LogP contribution in [0.2, 0.25) is 0 Å². The summed E-state index contributed by atoms with van der Waals surface area (Å²) in [6, 6.07) is 0. The lowest BCUT2D eigenvalue weighted by molar-refractivity contribution is -0.190. The summed E-state index contributed by atoms with van der Waals surface area (Å²) < 4.78 is 20.5. The maximum absolute atomic E-state index is 13.1. The minimum Gasteiger partial charge on any atom is -0.462 e. The third-order valence-electron chi connectivity index (χ3n) is 3.87. The average Bonchev–Trinajstić information content (AvgIpc) is 2.70. The van der Waals surface area contributed by atoms with E-state index in [-0.39, 0.29) is 9.36 Å². The maximum atomic E-state index is 13.1. The number of carbonyl (C=O) groups is 6. The molecule has 192 valence electrons. The zero-order chi connectivity index (χ0) is 27.0. The maximum Gasteiger partial charge on any atom is 0.374 e. The Morgan fingerprint density at radius 2 is 1.37 bits per heavy atom. The summed E-state index contributed by atoms with van der Waals surface area (Å²) in [6.07, 6.45) is -5.50. The van der Waals surface area contributed by atoms with E-state index in [9.17, 15) is 38.4 Å². The van der Waals surface area contributed by atoms with Crippen molar-refractivity contribution in [3.63, 3.8) is 0 Å². The number of nitrogens with one attached hydrogen (secondary N) is 1. The van der Waals surface area contributed by atoms with Gasteiger partial charge in [-0.3, -0.25) is 39.0 Å². The molecular formula is C19H24N4O12. The predicted octanol–water partition coefficient (Wildman–Crippen LogP) is -1.81. The smallest absolute Gasteiger partial charge is 0.374 e. The lowest BCUT2D eigenvalue weighted by atomic mass is 10.0. The van der Waals surface area contributed by atoms with E-state index < -0.39 is 77.6 Å². The molecule has 35 heavy (non-hydrogen) atoms. The Balaban J connectivity index is 3.94. The fourth-order valence-electron chi connectivity index (χ4n) is 2.72. The molecular weight excluding hydrogens is 476 g/mol. The number of nitrogens with zero attached hydrogens (tertiary/aromatic N) is 3. The van der Waals surface area contributed by atoms with Crippen molar-refractivity contribution in [3.8, 4) is 0 Å². The van der Waals surface area contributed by atoms with Crippen LogP contribution < -0.4 is 16.7 Å². The van der Waals surface area contributed by atoms with Crippen molar-refractivity contribution in [3.05, 3.63) is 26.5 Å². The molecule has 1 heterocycles. The minimum atomic E-state index is -2.00. The summed E-state index contributed by atoms with van der Waals surface area (Å²) in [5.74, 6) is -5.69. The topological polar surface area (TPSA) is 208 Å². The second kappa shape index (κ2) is 12.2. The molecule has 1 aromatic heterocycles. The summed E-state index contributed by atoms with van der Waals surface area (Å²) in [5, 5.41) is 3.63. The normalized spacial score (nSPS) is 13.0. The molecule has 1 amide bonds. The van der Waals surface area contributed by atoms with Crippen LogP contribution in [-0.2, 0) is 42.9 Å². The second-order valence-corrected chi connectivity index (χ2v) is 6.96. The number of ether oxygens (including phenoxy) is 4. The first-order chi connectivity index (χ1) is 16.1. The van der Waals surface area contributed by atoms with Crippen LogP contribution in [0.4, 0.5) is 0 Å². The molecule has 0 radical (unpaired) electrons. The van der Waals surface area contributed by atoms with Crippen LogP contribution in [0.5, 0.6) is 0 Å². The summed E-state index contributed by atoms with van der Waals surface area (Å²) in [5.41, 5.74) is -1.68. The van der Waals surface area contributed by atoms with E-state index in [0.29, 0.717) is 0 Å². The Hall–Kier alpha value is -4.37.